The second-order valence-corrected chi connectivity index (χ2v) is 11.1. The average molecular weight is 453 g/mol. The second-order valence-electron chi connectivity index (χ2n) is 8.97. The summed E-state index contributed by atoms with van der Waals surface area (Å²) < 4.78 is 7.57. The quantitative estimate of drug-likeness (QED) is 0.598. The van der Waals surface area contributed by atoms with Crippen LogP contribution in [0.1, 0.15) is 41.4 Å². The van der Waals surface area contributed by atoms with E-state index < -0.39 is 0 Å². The average Bonchev–Trinajstić information content (AvgIpc) is 3.54. The summed E-state index contributed by atoms with van der Waals surface area (Å²) in [4.78, 5) is 26.9. The van der Waals surface area contributed by atoms with Crippen molar-refractivity contribution in [1.29, 1.82) is 0 Å². The smallest absolute Gasteiger partial charge is 0.308 e. The Bertz CT molecular complexity index is 1200. The van der Waals surface area contributed by atoms with E-state index in [1.54, 1.807) is 10.8 Å². The molecule has 0 spiro atoms. The molecule has 1 N–H and O–H groups in total. The maximum Gasteiger partial charge on any atom is 0.308 e. The minimum atomic E-state index is -0.165. The van der Waals surface area contributed by atoms with Crippen LogP contribution >= 0.6 is 23.1 Å². The van der Waals surface area contributed by atoms with Crippen molar-refractivity contribution in [3.05, 3.63) is 68.5 Å². The fourth-order valence-electron chi connectivity index (χ4n) is 5.92. The van der Waals surface area contributed by atoms with Crippen LogP contribution in [0.3, 0.4) is 0 Å². The van der Waals surface area contributed by atoms with E-state index in [1.807, 2.05) is 55.1 Å². The predicted octanol–water partition coefficient (Wildman–Crippen LogP) is 5.10. The van der Waals surface area contributed by atoms with Crippen LogP contribution in [0.25, 0.3) is 0 Å². The van der Waals surface area contributed by atoms with E-state index in [0.29, 0.717) is 23.0 Å². The first-order valence-electron chi connectivity index (χ1n) is 10.9. The molecule has 2 aromatic heterocycles. The Hall–Kier alpha value is -2.25. The zero-order valence-electron chi connectivity index (χ0n) is 17.2. The molecule has 6 rings (SSSR count). The number of carbonyl (C=O) groups is 1. The van der Waals surface area contributed by atoms with Crippen LogP contribution in [0.4, 0.5) is 5.69 Å². The number of aromatic nitrogens is 1. The number of rotatable bonds is 4. The lowest BCUT2D eigenvalue weighted by atomic mass is 9.77. The number of carbonyl (C=O) groups excluding carboxylic acids is 1. The molecule has 0 radical (unpaired) electrons. The van der Waals surface area contributed by atoms with Gasteiger partial charge in [-0.1, -0.05) is 29.5 Å². The molecule has 3 heterocycles. The zero-order valence-corrected chi connectivity index (χ0v) is 18.9. The molecule has 3 aromatic rings. The van der Waals surface area contributed by atoms with Gasteiger partial charge in [0.2, 0.25) is 5.91 Å². The third kappa shape index (κ3) is 3.12. The summed E-state index contributed by atoms with van der Waals surface area (Å²) >= 11 is 3.14. The number of anilines is 1. The highest BCUT2D eigenvalue weighted by Crippen LogP contribution is 2.64. The fourth-order valence-corrected chi connectivity index (χ4v) is 9.05. The van der Waals surface area contributed by atoms with Gasteiger partial charge < -0.3 is 9.73 Å². The summed E-state index contributed by atoms with van der Waals surface area (Å²) in [6.07, 6.45) is 5.58. The fraction of sp³-hybridized carbons (Fsp3) is 0.417. The summed E-state index contributed by atoms with van der Waals surface area (Å²) in [6, 6.07) is 11.7. The van der Waals surface area contributed by atoms with Gasteiger partial charge in [0.25, 0.3) is 0 Å². The first kappa shape index (κ1) is 19.4. The van der Waals surface area contributed by atoms with Crippen LogP contribution in [0.5, 0.6) is 0 Å². The standard InChI is InChI=1S/C24H24N2O3S2/c1-13-5-2-3-6-16(13)25-18(27)12-26-23-22(31-24(26)28)20(17-7-4-10-29-17)19-14-8-9-15(11-14)21(19)30-23/h2-7,10,14-15,19-21H,8-9,11-12H2,1H3,(H,25,27)/t14-,15-,19-,20-,21+/m0/s1. The summed E-state index contributed by atoms with van der Waals surface area (Å²) in [6.45, 7) is 2.01. The monoisotopic (exact) mass is 452 g/mol. The van der Waals surface area contributed by atoms with Crippen LogP contribution < -0.4 is 10.2 Å². The van der Waals surface area contributed by atoms with Gasteiger partial charge >= 0.3 is 4.87 Å². The number of nitrogens with zero attached hydrogens (tertiary/aromatic N) is 1. The van der Waals surface area contributed by atoms with Crippen molar-refractivity contribution in [3.63, 3.8) is 0 Å². The Kier molecular flexibility index (Phi) is 4.65. The van der Waals surface area contributed by atoms with Crippen LogP contribution in [-0.2, 0) is 11.3 Å². The van der Waals surface area contributed by atoms with E-state index in [9.17, 15) is 9.59 Å². The second kappa shape index (κ2) is 7.41. The summed E-state index contributed by atoms with van der Waals surface area (Å²) in [5.74, 6) is 2.86. The summed E-state index contributed by atoms with van der Waals surface area (Å²) in [5, 5.41) is 4.45. The molecule has 31 heavy (non-hydrogen) atoms. The van der Waals surface area contributed by atoms with Crippen molar-refractivity contribution in [3.8, 4) is 0 Å². The van der Waals surface area contributed by atoms with E-state index in [-0.39, 0.29) is 23.2 Å². The SMILES string of the molecule is Cc1ccccc1NC(=O)Cn1c2c(sc1=O)[C@@H](c1ccco1)[C@@H]1[C@H]3CC[C@@H](C3)[C@H]1S2. The van der Waals surface area contributed by atoms with Gasteiger partial charge in [-0.2, -0.15) is 0 Å². The van der Waals surface area contributed by atoms with Crippen molar-refractivity contribution in [2.24, 2.45) is 17.8 Å². The number of para-hydroxylation sites is 1. The number of fused-ring (bicyclic) bond motifs is 6. The lowest BCUT2D eigenvalue weighted by Gasteiger charge is -2.39. The number of amides is 1. The van der Waals surface area contributed by atoms with Crippen molar-refractivity contribution in [2.45, 2.75) is 48.9 Å². The zero-order chi connectivity index (χ0) is 21.1. The first-order valence-corrected chi connectivity index (χ1v) is 12.6. The van der Waals surface area contributed by atoms with E-state index in [1.165, 1.54) is 30.6 Å². The van der Waals surface area contributed by atoms with Gasteiger partial charge in [-0.3, -0.25) is 14.2 Å². The minimum absolute atomic E-state index is 0.0440. The van der Waals surface area contributed by atoms with E-state index in [4.69, 9.17) is 4.42 Å². The number of hydrogen-bond acceptors (Lipinski definition) is 5. The predicted molar refractivity (Wildman–Crippen MR) is 123 cm³/mol. The highest BCUT2D eigenvalue weighted by atomic mass is 32.2. The maximum atomic E-state index is 13.0. The Morgan fingerprint density at radius 2 is 2.03 bits per heavy atom. The number of thiazole rings is 1. The Labute approximate surface area is 188 Å². The molecule has 0 saturated heterocycles. The third-order valence-corrected chi connectivity index (χ3v) is 10.1. The molecule has 7 heteroatoms. The molecule has 1 aliphatic heterocycles. The van der Waals surface area contributed by atoms with Gasteiger partial charge in [0, 0.05) is 10.9 Å². The number of benzene rings is 1. The van der Waals surface area contributed by atoms with Gasteiger partial charge in [0.05, 0.1) is 22.1 Å². The molecule has 2 fully saturated rings. The molecule has 1 aromatic carbocycles. The van der Waals surface area contributed by atoms with Crippen molar-refractivity contribution < 1.29 is 9.21 Å². The van der Waals surface area contributed by atoms with E-state index in [2.05, 4.69) is 5.32 Å². The van der Waals surface area contributed by atoms with Crippen LogP contribution in [-0.4, -0.2) is 15.7 Å². The molecule has 2 bridgehead atoms. The van der Waals surface area contributed by atoms with Gasteiger partial charge in [-0.15, -0.1) is 11.8 Å². The lowest BCUT2D eigenvalue weighted by Crippen LogP contribution is -2.34. The molecule has 1 amide bonds. The van der Waals surface area contributed by atoms with Gasteiger partial charge in [-0.25, -0.2) is 0 Å². The molecule has 0 unspecified atom stereocenters. The molecule has 5 atom stereocenters. The molecule has 2 saturated carbocycles. The van der Waals surface area contributed by atoms with Crippen molar-refractivity contribution in [1.82, 2.24) is 4.57 Å². The number of aryl methyl sites for hydroxylation is 1. The van der Waals surface area contributed by atoms with Crippen molar-refractivity contribution in [2.75, 3.05) is 5.32 Å². The first-order chi connectivity index (χ1) is 15.1. The molecule has 5 nitrogen and oxygen atoms in total. The number of nitrogens with one attached hydrogen (secondary N) is 1. The minimum Gasteiger partial charge on any atom is -0.469 e. The Morgan fingerprint density at radius 3 is 2.84 bits per heavy atom. The van der Waals surface area contributed by atoms with Crippen LogP contribution in [0.2, 0.25) is 0 Å². The molecular formula is C24H24N2O3S2. The normalized spacial score (nSPS) is 28.4. The molecule has 160 valence electrons. The van der Waals surface area contributed by atoms with Gasteiger partial charge in [-0.05, 0) is 67.7 Å². The van der Waals surface area contributed by atoms with Crippen molar-refractivity contribution >= 4 is 34.7 Å². The van der Waals surface area contributed by atoms with E-state index in [0.717, 1.165) is 26.9 Å². The topological polar surface area (TPSA) is 64.2 Å². The summed E-state index contributed by atoms with van der Waals surface area (Å²) in [7, 11) is 0. The largest absolute Gasteiger partial charge is 0.469 e. The van der Waals surface area contributed by atoms with E-state index >= 15 is 0 Å². The van der Waals surface area contributed by atoms with Crippen LogP contribution in [0, 0.1) is 24.7 Å². The lowest BCUT2D eigenvalue weighted by molar-refractivity contribution is -0.116. The molecular weight excluding hydrogens is 428 g/mol. The van der Waals surface area contributed by atoms with Crippen LogP contribution in [0.15, 0.2) is 56.9 Å². The van der Waals surface area contributed by atoms with Gasteiger partial charge in [0.1, 0.15) is 12.3 Å². The number of thioether (sulfide) groups is 1. The Morgan fingerprint density at radius 1 is 1.19 bits per heavy atom. The van der Waals surface area contributed by atoms with Gasteiger partial charge in [0.15, 0.2) is 0 Å². The highest BCUT2D eigenvalue weighted by Gasteiger charge is 2.55. The summed E-state index contributed by atoms with van der Waals surface area (Å²) in [5.41, 5.74) is 1.80. The maximum absolute atomic E-state index is 13.0. The highest BCUT2D eigenvalue weighted by molar-refractivity contribution is 8.00. The molecule has 3 aliphatic rings. The number of hydrogen-bond donors (Lipinski definition) is 1. The third-order valence-electron chi connectivity index (χ3n) is 7.26. The molecule has 2 aliphatic carbocycles. The Balaban J connectivity index is 1.36. The number of furan rings is 1.